The first kappa shape index (κ1) is 21.1. The maximum Gasteiger partial charge on any atom is 0.351 e. The number of nitriles is 1. The predicted octanol–water partition coefficient (Wildman–Crippen LogP) is 4.58. The second kappa shape index (κ2) is 9.25. The largest absolute Gasteiger partial charge is 0.462 e. The topological polar surface area (TPSA) is 70.4 Å². The van der Waals surface area contributed by atoms with E-state index in [9.17, 15) is 19.2 Å². The van der Waals surface area contributed by atoms with E-state index in [1.54, 1.807) is 6.92 Å². The lowest BCUT2D eigenvalue weighted by Crippen LogP contribution is -2.30. The van der Waals surface area contributed by atoms with E-state index in [0.717, 1.165) is 21.8 Å². The first-order valence-electron chi connectivity index (χ1n) is 8.76. The SMILES string of the molecule is CCOC(=O)/C(C#N)=C1/S[C@H](Cc2ccc(Br)cc2)C(=O)N1c1ccc(F)cc1. The molecule has 1 heterocycles. The van der Waals surface area contributed by atoms with Crippen LogP contribution in [0.1, 0.15) is 12.5 Å². The van der Waals surface area contributed by atoms with Crippen molar-refractivity contribution >= 4 is 45.3 Å². The summed E-state index contributed by atoms with van der Waals surface area (Å²) in [5.41, 5.74) is 1.08. The fraction of sp³-hybridized carbons (Fsp3) is 0.190. The molecule has 0 aromatic heterocycles. The van der Waals surface area contributed by atoms with Crippen LogP contribution in [-0.4, -0.2) is 23.7 Å². The number of carbonyl (C=O) groups is 2. The number of anilines is 1. The Labute approximate surface area is 180 Å². The standard InChI is InChI=1S/C21H16BrFN2O3S/c1-2-28-21(27)17(12-24)20-25(16-9-7-15(23)8-10-16)19(26)18(29-20)11-13-3-5-14(22)6-4-13/h3-10,18H,2,11H2,1H3/b20-17+/t18-/m1/s1. The summed E-state index contributed by atoms with van der Waals surface area (Å²) in [6, 6.07) is 14.8. The Bertz CT molecular complexity index is 1000. The Kier molecular flexibility index (Phi) is 6.72. The van der Waals surface area contributed by atoms with Gasteiger partial charge in [-0.2, -0.15) is 5.26 Å². The van der Waals surface area contributed by atoms with Gasteiger partial charge in [0.1, 0.15) is 16.9 Å². The van der Waals surface area contributed by atoms with Gasteiger partial charge in [0.15, 0.2) is 5.57 Å². The fourth-order valence-electron chi connectivity index (χ4n) is 2.83. The maximum absolute atomic E-state index is 13.4. The average Bonchev–Trinajstić information content (AvgIpc) is 3.01. The van der Waals surface area contributed by atoms with Gasteiger partial charge in [0.25, 0.3) is 0 Å². The molecule has 2 aromatic rings. The van der Waals surface area contributed by atoms with Gasteiger partial charge in [0, 0.05) is 10.2 Å². The summed E-state index contributed by atoms with van der Waals surface area (Å²) in [6.07, 6.45) is 0.416. The minimum atomic E-state index is -0.790. The second-order valence-electron chi connectivity index (χ2n) is 6.10. The van der Waals surface area contributed by atoms with Crippen molar-refractivity contribution in [1.29, 1.82) is 5.26 Å². The maximum atomic E-state index is 13.4. The Morgan fingerprint density at radius 3 is 2.48 bits per heavy atom. The highest BCUT2D eigenvalue weighted by Crippen LogP contribution is 2.42. The number of hydrogen-bond donors (Lipinski definition) is 0. The van der Waals surface area contributed by atoms with Gasteiger partial charge in [-0.25, -0.2) is 9.18 Å². The molecular weight excluding hydrogens is 459 g/mol. The first-order chi connectivity index (χ1) is 13.9. The fourth-order valence-corrected chi connectivity index (χ4v) is 4.40. The summed E-state index contributed by atoms with van der Waals surface area (Å²) in [5, 5.41) is 9.23. The molecule has 0 aliphatic carbocycles. The zero-order chi connectivity index (χ0) is 21.0. The van der Waals surface area contributed by atoms with Crippen LogP contribution in [-0.2, 0) is 20.7 Å². The summed E-state index contributed by atoms with van der Waals surface area (Å²) in [4.78, 5) is 26.8. The van der Waals surface area contributed by atoms with E-state index in [4.69, 9.17) is 4.74 Å². The van der Waals surface area contributed by atoms with Gasteiger partial charge in [-0.3, -0.25) is 9.69 Å². The summed E-state index contributed by atoms with van der Waals surface area (Å²) in [5.74, 6) is -1.52. The number of halogens is 2. The molecule has 0 radical (unpaired) electrons. The van der Waals surface area contributed by atoms with Gasteiger partial charge in [0.2, 0.25) is 5.91 Å². The molecule has 1 fully saturated rings. The van der Waals surface area contributed by atoms with Gasteiger partial charge in [-0.15, -0.1) is 0 Å². The Morgan fingerprint density at radius 2 is 1.90 bits per heavy atom. The van der Waals surface area contributed by atoms with Crippen LogP contribution in [0.25, 0.3) is 0 Å². The second-order valence-corrected chi connectivity index (χ2v) is 8.21. The number of hydrogen-bond acceptors (Lipinski definition) is 5. The van der Waals surface area contributed by atoms with E-state index in [1.165, 1.54) is 29.2 Å². The molecule has 1 saturated heterocycles. The number of thioether (sulfide) groups is 1. The molecule has 0 N–H and O–H groups in total. The molecule has 0 bridgehead atoms. The van der Waals surface area contributed by atoms with Gasteiger partial charge in [-0.1, -0.05) is 39.8 Å². The Balaban J connectivity index is 2.02. The molecule has 3 rings (SSSR count). The number of carbonyl (C=O) groups excluding carboxylic acids is 2. The molecule has 148 valence electrons. The van der Waals surface area contributed by atoms with E-state index in [0.29, 0.717) is 12.1 Å². The lowest BCUT2D eigenvalue weighted by Gasteiger charge is -2.18. The van der Waals surface area contributed by atoms with Crippen LogP contribution < -0.4 is 4.90 Å². The minimum Gasteiger partial charge on any atom is -0.462 e. The van der Waals surface area contributed by atoms with Crippen LogP contribution >= 0.6 is 27.7 Å². The lowest BCUT2D eigenvalue weighted by molar-refractivity contribution is -0.138. The first-order valence-corrected chi connectivity index (χ1v) is 10.4. The van der Waals surface area contributed by atoms with Crippen molar-refractivity contribution in [3.8, 4) is 6.07 Å². The highest BCUT2D eigenvalue weighted by Gasteiger charge is 2.41. The van der Waals surface area contributed by atoms with Crippen LogP contribution in [0.15, 0.2) is 63.6 Å². The Hall–Kier alpha value is -2.63. The quantitative estimate of drug-likeness (QED) is 0.360. The summed E-state index contributed by atoms with van der Waals surface area (Å²) < 4.78 is 19.3. The third kappa shape index (κ3) is 4.69. The molecule has 2 aromatic carbocycles. The number of esters is 1. The van der Waals surface area contributed by atoms with Crippen molar-refractivity contribution in [2.24, 2.45) is 0 Å². The van der Waals surface area contributed by atoms with E-state index in [2.05, 4.69) is 15.9 Å². The molecular formula is C21H16BrFN2O3S. The van der Waals surface area contributed by atoms with E-state index >= 15 is 0 Å². The van der Waals surface area contributed by atoms with Crippen LogP contribution in [0.3, 0.4) is 0 Å². The number of benzene rings is 2. The van der Waals surface area contributed by atoms with E-state index in [1.807, 2.05) is 30.3 Å². The monoisotopic (exact) mass is 474 g/mol. The molecule has 5 nitrogen and oxygen atoms in total. The number of nitrogens with zero attached hydrogens (tertiary/aromatic N) is 2. The normalized spacial score (nSPS) is 17.8. The lowest BCUT2D eigenvalue weighted by atomic mass is 10.1. The molecule has 0 unspecified atom stereocenters. The van der Waals surface area contributed by atoms with Crippen LogP contribution in [0.2, 0.25) is 0 Å². The number of ether oxygens (including phenoxy) is 1. The molecule has 1 atom stereocenters. The van der Waals surface area contributed by atoms with Crippen LogP contribution in [0, 0.1) is 17.1 Å². The third-order valence-electron chi connectivity index (χ3n) is 4.18. The molecule has 0 saturated carbocycles. The van der Waals surface area contributed by atoms with Crippen molar-refractivity contribution < 1.29 is 18.7 Å². The van der Waals surface area contributed by atoms with Crippen molar-refractivity contribution in [3.63, 3.8) is 0 Å². The smallest absolute Gasteiger partial charge is 0.351 e. The molecule has 1 aliphatic heterocycles. The van der Waals surface area contributed by atoms with Crippen molar-refractivity contribution in [2.45, 2.75) is 18.6 Å². The predicted molar refractivity (Wildman–Crippen MR) is 112 cm³/mol. The van der Waals surface area contributed by atoms with Gasteiger partial charge < -0.3 is 4.74 Å². The van der Waals surface area contributed by atoms with E-state index in [-0.39, 0.29) is 23.1 Å². The molecule has 1 aliphatic rings. The van der Waals surface area contributed by atoms with Crippen molar-refractivity contribution in [2.75, 3.05) is 11.5 Å². The number of amides is 1. The van der Waals surface area contributed by atoms with Gasteiger partial charge >= 0.3 is 5.97 Å². The van der Waals surface area contributed by atoms with E-state index < -0.39 is 17.0 Å². The zero-order valence-corrected chi connectivity index (χ0v) is 17.8. The van der Waals surface area contributed by atoms with Crippen molar-refractivity contribution in [3.05, 3.63) is 75.0 Å². The Morgan fingerprint density at radius 1 is 1.24 bits per heavy atom. The van der Waals surface area contributed by atoms with Crippen LogP contribution in [0.5, 0.6) is 0 Å². The third-order valence-corrected chi connectivity index (χ3v) is 5.97. The highest BCUT2D eigenvalue weighted by molar-refractivity contribution is 9.10. The minimum absolute atomic E-state index is 0.106. The highest BCUT2D eigenvalue weighted by atomic mass is 79.9. The average molecular weight is 475 g/mol. The van der Waals surface area contributed by atoms with Crippen LogP contribution in [0.4, 0.5) is 10.1 Å². The summed E-state index contributed by atoms with van der Waals surface area (Å²) in [6.45, 7) is 1.74. The van der Waals surface area contributed by atoms with Gasteiger partial charge in [-0.05, 0) is 55.3 Å². The number of rotatable bonds is 5. The zero-order valence-electron chi connectivity index (χ0n) is 15.4. The molecule has 8 heteroatoms. The summed E-state index contributed by atoms with van der Waals surface area (Å²) >= 11 is 4.52. The molecule has 29 heavy (non-hydrogen) atoms. The molecule has 0 spiro atoms. The molecule has 1 amide bonds. The van der Waals surface area contributed by atoms with Gasteiger partial charge in [0.05, 0.1) is 11.9 Å². The summed E-state index contributed by atoms with van der Waals surface area (Å²) in [7, 11) is 0. The van der Waals surface area contributed by atoms with Crippen molar-refractivity contribution in [1.82, 2.24) is 0 Å².